The van der Waals surface area contributed by atoms with Crippen LogP contribution in [-0.2, 0) is 32.7 Å². The Balaban J connectivity index is 1.52. The van der Waals surface area contributed by atoms with Crippen LogP contribution in [0.2, 0.25) is 0 Å². The molecule has 38 heavy (non-hydrogen) atoms. The Morgan fingerprint density at radius 3 is 2.58 bits per heavy atom. The van der Waals surface area contributed by atoms with Crippen LogP contribution in [-0.4, -0.2) is 54.2 Å². The molecule has 0 unspecified atom stereocenters. The first-order chi connectivity index (χ1) is 18.3. The van der Waals surface area contributed by atoms with Crippen LogP contribution in [0.15, 0.2) is 53.7 Å². The highest BCUT2D eigenvalue weighted by Gasteiger charge is 2.38. The normalized spacial score (nSPS) is 21.2. The summed E-state index contributed by atoms with van der Waals surface area (Å²) in [5.41, 5.74) is 3.11. The average molecular weight is 542 g/mol. The molecule has 0 spiro atoms. The zero-order valence-corrected chi connectivity index (χ0v) is 22.0. The summed E-state index contributed by atoms with van der Waals surface area (Å²) < 4.78 is 14.5. The quantitative estimate of drug-likeness (QED) is 0.308. The van der Waals surface area contributed by atoms with Crippen LogP contribution in [0.4, 0.5) is 5.69 Å². The van der Waals surface area contributed by atoms with Crippen molar-refractivity contribution in [3.8, 4) is 0 Å². The summed E-state index contributed by atoms with van der Waals surface area (Å²) in [6.45, 7) is 2.04. The molecule has 202 valence electrons. The van der Waals surface area contributed by atoms with Crippen molar-refractivity contribution in [2.24, 2.45) is 13.0 Å². The molecule has 0 bridgehead atoms. The first-order valence-corrected chi connectivity index (χ1v) is 13.3. The van der Waals surface area contributed by atoms with Gasteiger partial charge in [0.1, 0.15) is 0 Å². The van der Waals surface area contributed by atoms with Gasteiger partial charge in [0.25, 0.3) is 0 Å². The van der Waals surface area contributed by atoms with Crippen molar-refractivity contribution >= 4 is 29.3 Å². The number of nitrogens with zero attached hydrogens (tertiary/aromatic N) is 4. The lowest BCUT2D eigenvalue weighted by molar-refractivity contribution is -0.268. The number of aryl methyl sites for hydroxylation is 1. The number of ether oxygens (including phenoxy) is 2. The van der Waals surface area contributed by atoms with E-state index in [1.54, 1.807) is 23.9 Å². The summed E-state index contributed by atoms with van der Waals surface area (Å²) in [6.07, 6.45) is -0.844. The third kappa shape index (κ3) is 7.16. The highest BCUT2D eigenvalue weighted by atomic mass is 32.2. The van der Waals surface area contributed by atoms with Crippen molar-refractivity contribution in [3.05, 3.63) is 65.2 Å². The lowest BCUT2D eigenvalue weighted by Crippen LogP contribution is -2.38. The van der Waals surface area contributed by atoms with E-state index in [0.717, 1.165) is 16.7 Å². The zero-order chi connectivity index (χ0) is 27.1. The number of aromatic nitrogens is 4. The van der Waals surface area contributed by atoms with Gasteiger partial charge in [0.2, 0.25) is 11.1 Å². The number of amides is 1. The van der Waals surface area contributed by atoms with E-state index < -0.39 is 12.3 Å². The summed E-state index contributed by atoms with van der Waals surface area (Å²) in [5, 5.41) is 33.4. The molecule has 0 saturated carbocycles. The molecule has 1 amide bonds. The monoisotopic (exact) mass is 541 g/mol. The molecule has 1 aromatic heterocycles. The fourth-order valence-corrected chi connectivity index (χ4v) is 5.21. The Kier molecular flexibility index (Phi) is 9.45. The molecule has 3 aromatic rings. The number of hydrogen-bond donors (Lipinski definition) is 3. The second-order valence-electron chi connectivity index (χ2n) is 9.14. The van der Waals surface area contributed by atoms with Crippen LogP contribution < -0.4 is 5.32 Å². The molecule has 1 aliphatic rings. The minimum Gasteiger partial charge on any atom is -0.481 e. The summed E-state index contributed by atoms with van der Waals surface area (Å²) >= 11 is 1.50. The lowest BCUT2D eigenvalue weighted by Gasteiger charge is -2.41. The lowest BCUT2D eigenvalue weighted by atomic mass is 9.91. The number of thioether (sulfide) groups is 1. The van der Waals surface area contributed by atoms with Gasteiger partial charge in [-0.25, -0.2) is 4.68 Å². The van der Waals surface area contributed by atoms with Crippen molar-refractivity contribution in [3.63, 3.8) is 0 Å². The van der Waals surface area contributed by atoms with E-state index in [4.69, 9.17) is 14.6 Å². The Labute approximate surface area is 224 Å². The molecule has 12 heteroatoms. The Morgan fingerprint density at radius 1 is 1.11 bits per heavy atom. The maximum atomic E-state index is 12.3. The number of hydrogen-bond acceptors (Lipinski definition) is 9. The molecular weight excluding hydrogens is 510 g/mol. The largest absolute Gasteiger partial charge is 0.481 e. The minimum atomic E-state index is -0.927. The van der Waals surface area contributed by atoms with Crippen molar-refractivity contribution in [2.45, 2.75) is 56.4 Å². The second kappa shape index (κ2) is 13.0. The Morgan fingerprint density at radius 2 is 1.89 bits per heavy atom. The number of aliphatic hydroxyl groups excluding tert-OH is 1. The fourth-order valence-electron chi connectivity index (χ4n) is 4.20. The maximum absolute atomic E-state index is 12.3. The molecule has 11 nitrogen and oxygen atoms in total. The molecule has 1 fully saturated rings. The molecule has 4 rings (SSSR count). The smallest absolute Gasteiger partial charge is 0.303 e. The molecule has 3 N–H and O–H groups in total. The van der Waals surface area contributed by atoms with E-state index in [1.165, 1.54) is 11.8 Å². The third-order valence-corrected chi connectivity index (χ3v) is 7.42. The number of nitrogens with one attached hydrogen (secondary N) is 1. The van der Waals surface area contributed by atoms with Gasteiger partial charge in [-0.2, -0.15) is 0 Å². The predicted octanol–water partition coefficient (Wildman–Crippen LogP) is 3.48. The molecule has 1 saturated heterocycles. The standard InChI is InChI=1S/C26H31N5O6S/c1-16-21(15-38-26-28-29-30-31(26)2)36-25(37-24(16)18-11-9-17(14-32)10-12-18)19-5-3-6-20(13-19)27-22(33)7-4-8-23(34)35/h3,5-6,9-13,16,21,24-25,32H,4,7-8,14-15H2,1-2H3,(H,27,33)(H,34,35)/t16-,21+,24+,25+/m1/s1. The molecule has 4 atom stereocenters. The van der Waals surface area contributed by atoms with E-state index in [2.05, 4.69) is 27.8 Å². The van der Waals surface area contributed by atoms with Crippen molar-refractivity contribution in [1.82, 2.24) is 20.2 Å². The Bertz CT molecular complexity index is 1240. The van der Waals surface area contributed by atoms with Crippen LogP contribution >= 0.6 is 11.8 Å². The van der Waals surface area contributed by atoms with Crippen molar-refractivity contribution < 1.29 is 29.3 Å². The van der Waals surface area contributed by atoms with Gasteiger partial charge in [-0.05, 0) is 40.1 Å². The Hall–Kier alpha value is -3.32. The van der Waals surface area contributed by atoms with Crippen molar-refractivity contribution in [2.75, 3.05) is 11.1 Å². The summed E-state index contributed by atoms with van der Waals surface area (Å²) in [4.78, 5) is 23.0. The first kappa shape index (κ1) is 27.7. The third-order valence-electron chi connectivity index (χ3n) is 6.32. The highest BCUT2D eigenvalue weighted by Crippen LogP contribution is 2.43. The number of anilines is 1. The average Bonchev–Trinajstić information content (AvgIpc) is 3.32. The topological polar surface area (TPSA) is 149 Å². The van der Waals surface area contributed by atoms with Gasteiger partial charge >= 0.3 is 5.97 Å². The SMILES string of the molecule is C[C@@H]1[C@H](CSc2nnnn2C)O[C@H](c2cccc(NC(=O)CCCC(=O)O)c2)O[C@@H]1c1ccc(CO)cc1. The maximum Gasteiger partial charge on any atom is 0.303 e. The van der Waals surface area contributed by atoms with E-state index in [-0.39, 0.29) is 49.9 Å². The second-order valence-corrected chi connectivity index (χ2v) is 10.1. The van der Waals surface area contributed by atoms with Crippen LogP contribution in [0.3, 0.4) is 0 Å². The van der Waals surface area contributed by atoms with Gasteiger partial charge in [0.05, 0.1) is 18.8 Å². The number of carboxylic acids is 1. The fraction of sp³-hybridized carbons (Fsp3) is 0.423. The zero-order valence-electron chi connectivity index (χ0n) is 21.2. The van der Waals surface area contributed by atoms with Crippen LogP contribution in [0.1, 0.15) is 55.3 Å². The van der Waals surface area contributed by atoms with E-state index in [9.17, 15) is 14.7 Å². The molecule has 2 heterocycles. The number of rotatable bonds is 11. The number of aliphatic carboxylic acids is 1. The van der Waals surface area contributed by atoms with Gasteiger partial charge in [-0.15, -0.1) is 5.10 Å². The van der Waals surface area contributed by atoms with E-state index in [0.29, 0.717) is 16.6 Å². The van der Waals surface area contributed by atoms with Gasteiger partial charge in [-0.3, -0.25) is 9.59 Å². The van der Waals surface area contributed by atoms with Crippen LogP contribution in [0.25, 0.3) is 0 Å². The molecule has 1 aliphatic heterocycles. The number of carboxylic acid groups (broad SMARTS) is 1. The van der Waals surface area contributed by atoms with Gasteiger partial charge < -0.3 is 25.0 Å². The highest BCUT2D eigenvalue weighted by molar-refractivity contribution is 7.99. The van der Waals surface area contributed by atoms with E-state index >= 15 is 0 Å². The van der Waals surface area contributed by atoms with Crippen LogP contribution in [0.5, 0.6) is 0 Å². The first-order valence-electron chi connectivity index (χ1n) is 12.3. The number of carbonyl (C=O) groups excluding carboxylic acids is 1. The number of benzene rings is 2. The summed E-state index contributed by atoms with van der Waals surface area (Å²) in [7, 11) is 1.78. The van der Waals surface area contributed by atoms with Gasteiger partial charge in [-0.1, -0.05) is 55.1 Å². The molecule has 0 radical (unpaired) electrons. The van der Waals surface area contributed by atoms with E-state index in [1.807, 2.05) is 36.4 Å². The number of tetrazole rings is 1. The molecular formula is C26H31N5O6S. The van der Waals surface area contributed by atoms with Gasteiger partial charge in [0, 0.05) is 42.8 Å². The van der Waals surface area contributed by atoms with Crippen LogP contribution in [0, 0.1) is 5.92 Å². The molecule has 2 aromatic carbocycles. The summed E-state index contributed by atoms with van der Waals surface area (Å²) in [5.74, 6) is -0.585. The molecule has 0 aliphatic carbocycles. The number of aliphatic hydroxyl groups is 1. The number of carbonyl (C=O) groups is 2. The van der Waals surface area contributed by atoms with Gasteiger partial charge in [0.15, 0.2) is 6.29 Å². The summed E-state index contributed by atoms with van der Waals surface area (Å²) in [6, 6.07) is 14.9. The van der Waals surface area contributed by atoms with Crippen molar-refractivity contribution in [1.29, 1.82) is 0 Å². The minimum absolute atomic E-state index is 0.00275. The predicted molar refractivity (Wildman–Crippen MR) is 139 cm³/mol.